The average molecular weight is 213 g/mol. The summed E-state index contributed by atoms with van der Waals surface area (Å²) in [5.41, 5.74) is 1.74. The van der Waals surface area contributed by atoms with E-state index in [1.807, 2.05) is 20.8 Å². The molecule has 0 saturated carbocycles. The highest BCUT2D eigenvalue weighted by Crippen LogP contribution is 2.22. The topological polar surface area (TPSA) is 32.3 Å². The van der Waals surface area contributed by atoms with Crippen LogP contribution in [0.2, 0.25) is 0 Å². The van der Waals surface area contributed by atoms with E-state index < -0.39 is 5.60 Å². The summed E-state index contributed by atoms with van der Waals surface area (Å²) in [5, 5.41) is 17.5. The standard InChI is InChI=1S/C11H19NOS/c1-8(2)11(4,13)7-12-10-6-14-5-9(10)3/h5-6,8,12-13H,7H2,1-4H3. The molecule has 2 nitrogen and oxygen atoms in total. The molecule has 0 radical (unpaired) electrons. The average Bonchev–Trinajstić information content (AvgIpc) is 2.47. The lowest BCUT2D eigenvalue weighted by molar-refractivity contribution is 0.0266. The van der Waals surface area contributed by atoms with Crippen molar-refractivity contribution in [1.82, 2.24) is 0 Å². The van der Waals surface area contributed by atoms with Gasteiger partial charge in [-0.3, -0.25) is 0 Å². The molecule has 0 spiro atoms. The van der Waals surface area contributed by atoms with Gasteiger partial charge in [-0.1, -0.05) is 13.8 Å². The van der Waals surface area contributed by atoms with Crippen LogP contribution in [0, 0.1) is 12.8 Å². The van der Waals surface area contributed by atoms with E-state index in [9.17, 15) is 5.11 Å². The van der Waals surface area contributed by atoms with Crippen LogP contribution in [0.1, 0.15) is 26.3 Å². The van der Waals surface area contributed by atoms with Crippen molar-refractivity contribution < 1.29 is 5.11 Å². The van der Waals surface area contributed by atoms with E-state index in [-0.39, 0.29) is 5.92 Å². The van der Waals surface area contributed by atoms with Crippen LogP contribution in [0.3, 0.4) is 0 Å². The van der Waals surface area contributed by atoms with Gasteiger partial charge in [-0.25, -0.2) is 0 Å². The maximum atomic E-state index is 10.0. The quantitative estimate of drug-likeness (QED) is 0.806. The Morgan fingerprint density at radius 2 is 2.14 bits per heavy atom. The lowest BCUT2D eigenvalue weighted by Crippen LogP contribution is -2.38. The Morgan fingerprint density at radius 1 is 1.50 bits per heavy atom. The maximum absolute atomic E-state index is 10.0. The highest BCUT2D eigenvalue weighted by atomic mass is 32.1. The molecule has 1 aromatic heterocycles. The first-order valence-electron chi connectivity index (χ1n) is 4.92. The van der Waals surface area contributed by atoms with Gasteiger partial charge in [-0.15, -0.1) is 11.3 Å². The van der Waals surface area contributed by atoms with Gasteiger partial charge in [-0.05, 0) is 30.7 Å². The summed E-state index contributed by atoms with van der Waals surface area (Å²) in [6.45, 7) is 8.60. The van der Waals surface area contributed by atoms with Crippen LogP contribution in [0.4, 0.5) is 5.69 Å². The zero-order valence-corrected chi connectivity index (χ0v) is 10.1. The Labute approximate surface area is 90.0 Å². The Hall–Kier alpha value is -0.540. The van der Waals surface area contributed by atoms with Crippen molar-refractivity contribution in [2.75, 3.05) is 11.9 Å². The minimum absolute atomic E-state index is 0.258. The Balaban J connectivity index is 2.53. The van der Waals surface area contributed by atoms with Crippen molar-refractivity contribution in [1.29, 1.82) is 0 Å². The predicted octanol–water partition coefficient (Wildman–Crippen LogP) is 2.88. The highest BCUT2D eigenvalue weighted by Gasteiger charge is 2.24. The summed E-state index contributed by atoms with van der Waals surface area (Å²) >= 11 is 1.68. The Kier molecular flexibility index (Phi) is 3.56. The fourth-order valence-electron chi connectivity index (χ4n) is 1.02. The summed E-state index contributed by atoms with van der Waals surface area (Å²) < 4.78 is 0. The van der Waals surface area contributed by atoms with Gasteiger partial charge >= 0.3 is 0 Å². The summed E-state index contributed by atoms with van der Waals surface area (Å²) in [6, 6.07) is 0. The van der Waals surface area contributed by atoms with E-state index in [0.717, 1.165) is 5.69 Å². The van der Waals surface area contributed by atoms with E-state index >= 15 is 0 Å². The van der Waals surface area contributed by atoms with Crippen LogP contribution in [0.5, 0.6) is 0 Å². The van der Waals surface area contributed by atoms with Crippen molar-refractivity contribution in [2.24, 2.45) is 5.92 Å². The monoisotopic (exact) mass is 213 g/mol. The van der Waals surface area contributed by atoms with E-state index in [1.165, 1.54) is 5.56 Å². The maximum Gasteiger partial charge on any atom is 0.0813 e. The Morgan fingerprint density at radius 3 is 2.57 bits per heavy atom. The highest BCUT2D eigenvalue weighted by molar-refractivity contribution is 7.08. The number of aliphatic hydroxyl groups is 1. The minimum Gasteiger partial charge on any atom is -0.388 e. The molecule has 0 aliphatic heterocycles. The van der Waals surface area contributed by atoms with Crippen molar-refractivity contribution in [3.05, 3.63) is 16.3 Å². The van der Waals surface area contributed by atoms with Gasteiger partial charge in [0.1, 0.15) is 0 Å². The molecule has 1 rings (SSSR count). The van der Waals surface area contributed by atoms with Gasteiger partial charge in [0.25, 0.3) is 0 Å². The molecule has 0 aliphatic carbocycles. The second kappa shape index (κ2) is 4.32. The molecule has 14 heavy (non-hydrogen) atoms. The summed E-state index contributed by atoms with van der Waals surface area (Å²) in [5.74, 6) is 0.258. The third kappa shape index (κ3) is 2.72. The molecular formula is C11H19NOS. The number of hydrogen-bond acceptors (Lipinski definition) is 3. The zero-order valence-electron chi connectivity index (χ0n) is 9.29. The summed E-state index contributed by atoms with van der Waals surface area (Å²) in [4.78, 5) is 0. The second-order valence-corrected chi connectivity index (χ2v) is 5.08. The SMILES string of the molecule is Cc1cscc1NCC(C)(O)C(C)C. The molecule has 2 N–H and O–H groups in total. The van der Waals surface area contributed by atoms with Gasteiger partial charge in [0.2, 0.25) is 0 Å². The van der Waals surface area contributed by atoms with Crippen LogP contribution >= 0.6 is 11.3 Å². The van der Waals surface area contributed by atoms with Crippen LogP contribution in [-0.4, -0.2) is 17.3 Å². The first-order valence-corrected chi connectivity index (χ1v) is 5.87. The third-order valence-electron chi connectivity index (χ3n) is 2.74. The van der Waals surface area contributed by atoms with Gasteiger partial charge < -0.3 is 10.4 Å². The van der Waals surface area contributed by atoms with Crippen molar-refractivity contribution in [2.45, 2.75) is 33.3 Å². The van der Waals surface area contributed by atoms with Crippen LogP contribution in [0.25, 0.3) is 0 Å². The largest absolute Gasteiger partial charge is 0.388 e. The normalized spacial score (nSPS) is 15.6. The van der Waals surface area contributed by atoms with Crippen molar-refractivity contribution >= 4 is 17.0 Å². The van der Waals surface area contributed by atoms with Gasteiger partial charge in [-0.2, -0.15) is 0 Å². The minimum atomic E-state index is -0.644. The van der Waals surface area contributed by atoms with E-state index in [4.69, 9.17) is 0 Å². The molecule has 0 fully saturated rings. The fourth-order valence-corrected chi connectivity index (χ4v) is 1.82. The molecular weight excluding hydrogens is 194 g/mol. The van der Waals surface area contributed by atoms with E-state index in [2.05, 4.69) is 23.0 Å². The zero-order chi connectivity index (χ0) is 10.8. The van der Waals surface area contributed by atoms with Gasteiger partial charge in [0.15, 0.2) is 0 Å². The molecule has 0 aromatic carbocycles. The molecule has 0 amide bonds. The molecule has 1 atom stereocenters. The lowest BCUT2D eigenvalue weighted by Gasteiger charge is -2.28. The van der Waals surface area contributed by atoms with E-state index in [0.29, 0.717) is 6.54 Å². The molecule has 3 heteroatoms. The number of aryl methyl sites for hydroxylation is 1. The molecule has 80 valence electrons. The predicted molar refractivity (Wildman–Crippen MR) is 63.0 cm³/mol. The summed E-state index contributed by atoms with van der Waals surface area (Å²) in [6.07, 6.45) is 0. The summed E-state index contributed by atoms with van der Waals surface area (Å²) in [7, 11) is 0. The Bertz CT molecular complexity index is 291. The fraction of sp³-hybridized carbons (Fsp3) is 0.636. The smallest absolute Gasteiger partial charge is 0.0813 e. The van der Waals surface area contributed by atoms with Gasteiger partial charge in [0.05, 0.1) is 5.60 Å². The second-order valence-electron chi connectivity index (χ2n) is 4.33. The molecule has 0 saturated heterocycles. The van der Waals surface area contributed by atoms with Crippen LogP contribution < -0.4 is 5.32 Å². The van der Waals surface area contributed by atoms with Crippen LogP contribution in [-0.2, 0) is 0 Å². The van der Waals surface area contributed by atoms with E-state index in [1.54, 1.807) is 11.3 Å². The number of anilines is 1. The molecule has 0 bridgehead atoms. The van der Waals surface area contributed by atoms with Gasteiger partial charge in [0, 0.05) is 17.6 Å². The molecule has 1 heterocycles. The third-order valence-corrected chi connectivity index (χ3v) is 3.60. The van der Waals surface area contributed by atoms with Crippen LogP contribution in [0.15, 0.2) is 10.8 Å². The number of nitrogens with one attached hydrogen (secondary N) is 1. The molecule has 0 aliphatic rings. The first-order chi connectivity index (χ1) is 6.43. The van der Waals surface area contributed by atoms with Crippen molar-refractivity contribution in [3.8, 4) is 0 Å². The number of rotatable bonds is 4. The number of thiophene rings is 1. The molecule has 1 aromatic rings. The number of hydrogen-bond donors (Lipinski definition) is 2. The van der Waals surface area contributed by atoms with Crippen molar-refractivity contribution in [3.63, 3.8) is 0 Å². The lowest BCUT2D eigenvalue weighted by atomic mass is 9.92. The first kappa shape index (κ1) is 11.5. The molecule has 1 unspecified atom stereocenters.